The zero-order valence-electron chi connectivity index (χ0n) is 13.0. The fraction of sp³-hybridized carbons (Fsp3) is 0.667. The molecule has 0 spiro atoms. The van der Waals surface area contributed by atoms with Gasteiger partial charge in [0.2, 0.25) is 0 Å². The lowest BCUT2D eigenvalue weighted by atomic mass is 9.80. The molecule has 0 heterocycles. The molecule has 0 aliphatic heterocycles. The molecule has 0 amide bonds. The first-order chi connectivity index (χ1) is 9.78. The molecule has 1 aromatic carbocycles. The third kappa shape index (κ3) is 4.32. The maximum Gasteiger partial charge on any atom is 0.0233 e. The van der Waals surface area contributed by atoms with Gasteiger partial charge in [-0.1, -0.05) is 62.9 Å². The van der Waals surface area contributed by atoms with Crippen LogP contribution in [-0.2, 0) is 6.54 Å². The fourth-order valence-electron chi connectivity index (χ4n) is 3.50. The van der Waals surface area contributed by atoms with Crippen LogP contribution in [0.5, 0.6) is 0 Å². The average Bonchev–Trinajstić information content (AvgIpc) is 2.74. The SMILES string of the molecule is CCN(Cc1ccccc1)CC1(CN)CCCCCC1. The van der Waals surface area contributed by atoms with Crippen LogP contribution in [0, 0.1) is 5.41 Å². The summed E-state index contributed by atoms with van der Waals surface area (Å²) in [6.07, 6.45) is 8.14. The second-order valence-corrected chi connectivity index (χ2v) is 6.41. The molecule has 0 atom stereocenters. The zero-order chi connectivity index (χ0) is 14.3. The lowest BCUT2D eigenvalue weighted by molar-refractivity contribution is 0.135. The molecule has 1 aliphatic rings. The number of hydrogen-bond donors (Lipinski definition) is 1. The molecule has 0 bridgehead atoms. The van der Waals surface area contributed by atoms with E-state index >= 15 is 0 Å². The molecule has 20 heavy (non-hydrogen) atoms. The summed E-state index contributed by atoms with van der Waals surface area (Å²) in [5.74, 6) is 0. The Morgan fingerprint density at radius 3 is 2.25 bits per heavy atom. The van der Waals surface area contributed by atoms with Crippen LogP contribution in [0.3, 0.4) is 0 Å². The molecule has 112 valence electrons. The van der Waals surface area contributed by atoms with Gasteiger partial charge in [0, 0.05) is 13.1 Å². The fourth-order valence-corrected chi connectivity index (χ4v) is 3.50. The Labute approximate surface area is 124 Å². The summed E-state index contributed by atoms with van der Waals surface area (Å²) in [6.45, 7) is 6.44. The zero-order valence-corrected chi connectivity index (χ0v) is 13.0. The van der Waals surface area contributed by atoms with Gasteiger partial charge in [-0.25, -0.2) is 0 Å². The molecule has 0 aromatic heterocycles. The summed E-state index contributed by atoms with van der Waals surface area (Å²) in [7, 11) is 0. The van der Waals surface area contributed by atoms with Crippen molar-refractivity contribution in [1.82, 2.24) is 4.90 Å². The Morgan fingerprint density at radius 1 is 1.05 bits per heavy atom. The van der Waals surface area contributed by atoms with Crippen LogP contribution in [0.25, 0.3) is 0 Å². The third-order valence-corrected chi connectivity index (χ3v) is 4.85. The molecule has 1 aliphatic carbocycles. The summed E-state index contributed by atoms with van der Waals surface area (Å²) >= 11 is 0. The van der Waals surface area contributed by atoms with E-state index < -0.39 is 0 Å². The van der Waals surface area contributed by atoms with Crippen molar-refractivity contribution in [3.8, 4) is 0 Å². The van der Waals surface area contributed by atoms with Crippen LogP contribution in [0.2, 0.25) is 0 Å². The highest BCUT2D eigenvalue weighted by atomic mass is 15.1. The Bertz CT molecular complexity index is 366. The Morgan fingerprint density at radius 2 is 1.70 bits per heavy atom. The minimum absolute atomic E-state index is 0.362. The van der Waals surface area contributed by atoms with Crippen LogP contribution in [-0.4, -0.2) is 24.5 Å². The summed E-state index contributed by atoms with van der Waals surface area (Å²) in [6, 6.07) is 10.8. The third-order valence-electron chi connectivity index (χ3n) is 4.85. The van der Waals surface area contributed by atoms with Crippen LogP contribution in [0.1, 0.15) is 51.0 Å². The van der Waals surface area contributed by atoms with E-state index in [2.05, 4.69) is 42.2 Å². The number of nitrogens with zero attached hydrogens (tertiary/aromatic N) is 1. The van der Waals surface area contributed by atoms with Gasteiger partial charge in [-0.15, -0.1) is 0 Å². The summed E-state index contributed by atoms with van der Waals surface area (Å²) < 4.78 is 0. The molecule has 2 nitrogen and oxygen atoms in total. The van der Waals surface area contributed by atoms with E-state index in [0.717, 1.165) is 26.2 Å². The van der Waals surface area contributed by atoms with E-state index in [-0.39, 0.29) is 0 Å². The average molecular weight is 274 g/mol. The number of nitrogens with two attached hydrogens (primary N) is 1. The highest BCUT2D eigenvalue weighted by Gasteiger charge is 2.31. The lowest BCUT2D eigenvalue weighted by Crippen LogP contribution is -2.42. The van der Waals surface area contributed by atoms with Gasteiger partial charge in [0.25, 0.3) is 0 Å². The lowest BCUT2D eigenvalue weighted by Gasteiger charge is -2.37. The minimum Gasteiger partial charge on any atom is -0.330 e. The first-order valence-corrected chi connectivity index (χ1v) is 8.24. The molecular weight excluding hydrogens is 244 g/mol. The van der Waals surface area contributed by atoms with E-state index in [1.54, 1.807) is 0 Å². The van der Waals surface area contributed by atoms with Crippen LogP contribution in [0.4, 0.5) is 0 Å². The Hall–Kier alpha value is -0.860. The van der Waals surface area contributed by atoms with Crippen molar-refractivity contribution in [1.29, 1.82) is 0 Å². The highest BCUT2D eigenvalue weighted by molar-refractivity contribution is 5.14. The topological polar surface area (TPSA) is 29.3 Å². The number of benzene rings is 1. The van der Waals surface area contributed by atoms with Crippen molar-refractivity contribution in [2.24, 2.45) is 11.1 Å². The van der Waals surface area contributed by atoms with Crippen molar-refractivity contribution in [2.75, 3.05) is 19.6 Å². The molecule has 0 unspecified atom stereocenters. The van der Waals surface area contributed by atoms with E-state index in [1.165, 1.54) is 44.1 Å². The Kier molecular flexibility index (Phi) is 6.06. The summed E-state index contributed by atoms with van der Waals surface area (Å²) in [5, 5.41) is 0. The molecule has 1 aromatic rings. The maximum absolute atomic E-state index is 6.18. The van der Waals surface area contributed by atoms with Gasteiger partial charge in [0.05, 0.1) is 0 Å². The molecular formula is C18H30N2. The molecule has 0 radical (unpaired) electrons. The molecule has 1 saturated carbocycles. The van der Waals surface area contributed by atoms with Crippen molar-refractivity contribution in [3.05, 3.63) is 35.9 Å². The predicted molar refractivity (Wildman–Crippen MR) is 86.6 cm³/mol. The molecule has 2 heteroatoms. The highest BCUT2D eigenvalue weighted by Crippen LogP contribution is 2.35. The molecule has 2 N–H and O–H groups in total. The van der Waals surface area contributed by atoms with E-state index in [0.29, 0.717) is 5.41 Å². The predicted octanol–water partition coefficient (Wildman–Crippen LogP) is 3.81. The van der Waals surface area contributed by atoms with E-state index in [1.807, 2.05) is 0 Å². The second kappa shape index (κ2) is 7.80. The van der Waals surface area contributed by atoms with E-state index in [4.69, 9.17) is 5.73 Å². The first-order valence-electron chi connectivity index (χ1n) is 8.24. The second-order valence-electron chi connectivity index (χ2n) is 6.41. The van der Waals surface area contributed by atoms with E-state index in [9.17, 15) is 0 Å². The van der Waals surface area contributed by atoms with Crippen LogP contribution < -0.4 is 5.73 Å². The van der Waals surface area contributed by atoms with Gasteiger partial charge < -0.3 is 5.73 Å². The summed E-state index contributed by atoms with van der Waals surface area (Å²) in [4.78, 5) is 2.58. The molecule has 0 saturated heterocycles. The summed E-state index contributed by atoms with van der Waals surface area (Å²) in [5.41, 5.74) is 7.95. The quantitative estimate of drug-likeness (QED) is 0.799. The van der Waals surface area contributed by atoms with Gasteiger partial charge >= 0.3 is 0 Å². The van der Waals surface area contributed by atoms with Crippen molar-refractivity contribution < 1.29 is 0 Å². The minimum atomic E-state index is 0.362. The van der Waals surface area contributed by atoms with Crippen molar-refractivity contribution >= 4 is 0 Å². The normalized spacial score (nSPS) is 18.9. The van der Waals surface area contributed by atoms with Crippen LogP contribution >= 0.6 is 0 Å². The molecule has 1 fully saturated rings. The largest absolute Gasteiger partial charge is 0.330 e. The first kappa shape index (κ1) is 15.5. The smallest absolute Gasteiger partial charge is 0.0233 e. The van der Waals surface area contributed by atoms with Crippen molar-refractivity contribution in [2.45, 2.75) is 52.0 Å². The number of rotatable bonds is 6. The maximum atomic E-state index is 6.18. The van der Waals surface area contributed by atoms with Crippen molar-refractivity contribution in [3.63, 3.8) is 0 Å². The van der Waals surface area contributed by atoms with Gasteiger partial charge in [0.1, 0.15) is 0 Å². The van der Waals surface area contributed by atoms with Gasteiger partial charge in [-0.3, -0.25) is 4.90 Å². The monoisotopic (exact) mass is 274 g/mol. The molecule has 2 rings (SSSR count). The van der Waals surface area contributed by atoms with Gasteiger partial charge in [-0.2, -0.15) is 0 Å². The number of hydrogen-bond acceptors (Lipinski definition) is 2. The van der Waals surface area contributed by atoms with Gasteiger partial charge in [0.15, 0.2) is 0 Å². The standard InChI is InChI=1S/C18H30N2/c1-2-20(14-17-10-6-5-7-11-17)16-18(15-19)12-8-3-4-9-13-18/h5-7,10-11H,2-4,8-9,12-16,19H2,1H3. The Balaban J connectivity index is 1.99. The van der Waals surface area contributed by atoms with Gasteiger partial charge in [-0.05, 0) is 36.9 Å². The van der Waals surface area contributed by atoms with Crippen LogP contribution in [0.15, 0.2) is 30.3 Å².